The molecule has 0 heterocycles. The van der Waals surface area contributed by atoms with E-state index >= 15 is 0 Å². The molecule has 1 aromatic carbocycles. The highest BCUT2D eigenvalue weighted by Gasteiger charge is 2.39. The second kappa shape index (κ2) is 7.91. The Labute approximate surface area is 147 Å². The van der Waals surface area contributed by atoms with Gasteiger partial charge in [-0.15, -0.1) is 11.8 Å². The van der Waals surface area contributed by atoms with Crippen molar-refractivity contribution in [2.24, 2.45) is 17.6 Å². The van der Waals surface area contributed by atoms with Gasteiger partial charge in [0.25, 0.3) is 0 Å². The number of carbonyl (C=O) groups excluding carboxylic acids is 1. The minimum Gasteiger partial charge on any atom is -0.353 e. The van der Waals surface area contributed by atoms with Crippen LogP contribution in [0.25, 0.3) is 0 Å². The predicted octanol–water partition coefficient (Wildman–Crippen LogP) is 3.84. The Hall–Kier alpha value is -0.710. The van der Waals surface area contributed by atoms with E-state index in [2.05, 4.69) is 5.32 Å². The number of nitrogens with two attached hydrogens (primary N) is 1. The monoisotopic (exact) mass is 352 g/mol. The summed E-state index contributed by atoms with van der Waals surface area (Å²) >= 11 is 7.58. The Bertz CT molecular complexity index is 522. The molecular formula is C18H25ClN2OS. The van der Waals surface area contributed by atoms with E-state index in [-0.39, 0.29) is 5.91 Å². The summed E-state index contributed by atoms with van der Waals surface area (Å²) in [6.45, 7) is 0. The van der Waals surface area contributed by atoms with Crippen LogP contribution in [0.15, 0.2) is 29.2 Å². The Morgan fingerprint density at radius 3 is 2.52 bits per heavy atom. The van der Waals surface area contributed by atoms with Crippen LogP contribution < -0.4 is 11.1 Å². The van der Waals surface area contributed by atoms with Crippen LogP contribution in [-0.4, -0.2) is 23.7 Å². The quantitative estimate of drug-likeness (QED) is 0.791. The second-order valence-electron chi connectivity index (χ2n) is 6.83. The van der Waals surface area contributed by atoms with Crippen molar-refractivity contribution in [2.75, 3.05) is 5.75 Å². The number of nitrogens with one attached hydrogen (secondary N) is 1. The maximum absolute atomic E-state index is 12.3. The summed E-state index contributed by atoms with van der Waals surface area (Å²) in [5, 5.41) is 4.05. The minimum atomic E-state index is 0.184. The van der Waals surface area contributed by atoms with Crippen LogP contribution in [0.2, 0.25) is 5.02 Å². The fourth-order valence-electron chi connectivity index (χ4n) is 4.08. The van der Waals surface area contributed by atoms with Gasteiger partial charge in [-0.05, 0) is 61.8 Å². The summed E-state index contributed by atoms with van der Waals surface area (Å²) in [4.78, 5) is 13.4. The molecule has 2 saturated carbocycles. The number of thioether (sulfide) groups is 1. The van der Waals surface area contributed by atoms with Crippen molar-refractivity contribution in [1.82, 2.24) is 5.32 Å². The summed E-state index contributed by atoms with van der Waals surface area (Å²) in [7, 11) is 0. The number of halogens is 1. The Morgan fingerprint density at radius 1 is 1.22 bits per heavy atom. The maximum atomic E-state index is 12.3. The van der Waals surface area contributed by atoms with E-state index in [4.69, 9.17) is 17.3 Å². The number of rotatable bonds is 5. The fourth-order valence-corrected chi connectivity index (χ4v) is 5.05. The van der Waals surface area contributed by atoms with Gasteiger partial charge < -0.3 is 11.1 Å². The first kappa shape index (κ1) is 17.1. The van der Waals surface area contributed by atoms with Crippen molar-refractivity contribution in [1.29, 1.82) is 0 Å². The molecule has 0 saturated heterocycles. The van der Waals surface area contributed by atoms with Gasteiger partial charge in [-0.25, -0.2) is 0 Å². The van der Waals surface area contributed by atoms with Gasteiger partial charge in [0.05, 0.1) is 0 Å². The molecular weight excluding hydrogens is 328 g/mol. The molecule has 2 bridgehead atoms. The van der Waals surface area contributed by atoms with Gasteiger partial charge in [0.15, 0.2) is 0 Å². The Morgan fingerprint density at radius 2 is 1.87 bits per heavy atom. The zero-order chi connectivity index (χ0) is 16.2. The molecule has 1 amide bonds. The van der Waals surface area contributed by atoms with Crippen LogP contribution in [0, 0.1) is 11.8 Å². The average molecular weight is 353 g/mol. The van der Waals surface area contributed by atoms with Crippen LogP contribution in [0.5, 0.6) is 0 Å². The summed E-state index contributed by atoms with van der Waals surface area (Å²) in [5.74, 6) is 2.16. The molecule has 5 heteroatoms. The van der Waals surface area contributed by atoms with E-state index in [1.807, 2.05) is 24.3 Å². The summed E-state index contributed by atoms with van der Waals surface area (Å²) in [6, 6.07) is 8.46. The molecule has 23 heavy (non-hydrogen) atoms. The molecule has 2 aliphatic carbocycles. The number of fused-ring (bicyclic) bond motifs is 2. The lowest BCUT2D eigenvalue weighted by atomic mass is 9.67. The Balaban J connectivity index is 1.45. The van der Waals surface area contributed by atoms with Gasteiger partial charge in [0, 0.05) is 34.2 Å². The van der Waals surface area contributed by atoms with Crippen LogP contribution in [0.4, 0.5) is 0 Å². The highest BCUT2D eigenvalue weighted by molar-refractivity contribution is 7.99. The molecule has 3 nitrogen and oxygen atoms in total. The zero-order valence-corrected chi connectivity index (χ0v) is 14.9. The molecule has 2 fully saturated rings. The molecule has 2 aliphatic rings. The smallest absolute Gasteiger partial charge is 0.221 e. The first-order valence-corrected chi connectivity index (χ1v) is 9.91. The molecule has 3 N–H and O–H groups in total. The lowest BCUT2D eigenvalue weighted by Crippen LogP contribution is -2.53. The van der Waals surface area contributed by atoms with Crippen molar-refractivity contribution in [3.05, 3.63) is 29.3 Å². The third-order valence-corrected chi connectivity index (χ3v) is 6.38. The third kappa shape index (κ3) is 4.65. The highest BCUT2D eigenvalue weighted by atomic mass is 35.5. The summed E-state index contributed by atoms with van der Waals surface area (Å²) < 4.78 is 0. The Kier molecular flexibility index (Phi) is 5.89. The van der Waals surface area contributed by atoms with Gasteiger partial charge >= 0.3 is 0 Å². The third-order valence-electron chi connectivity index (χ3n) is 5.12. The predicted molar refractivity (Wildman–Crippen MR) is 96.8 cm³/mol. The van der Waals surface area contributed by atoms with E-state index in [1.54, 1.807) is 11.8 Å². The molecule has 0 spiro atoms. The van der Waals surface area contributed by atoms with E-state index in [1.165, 1.54) is 19.3 Å². The van der Waals surface area contributed by atoms with Crippen molar-refractivity contribution >= 4 is 29.3 Å². The second-order valence-corrected chi connectivity index (χ2v) is 8.43. The van der Waals surface area contributed by atoms with Crippen molar-refractivity contribution in [3.8, 4) is 0 Å². The van der Waals surface area contributed by atoms with Crippen LogP contribution in [0.3, 0.4) is 0 Å². The van der Waals surface area contributed by atoms with Gasteiger partial charge in [-0.2, -0.15) is 0 Å². The number of amides is 1. The molecule has 0 radical (unpaired) electrons. The van der Waals surface area contributed by atoms with Crippen LogP contribution >= 0.6 is 23.4 Å². The molecule has 2 atom stereocenters. The van der Waals surface area contributed by atoms with Crippen molar-refractivity contribution < 1.29 is 4.79 Å². The van der Waals surface area contributed by atoms with E-state index in [9.17, 15) is 4.79 Å². The minimum absolute atomic E-state index is 0.184. The maximum Gasteiger partial charge on any atom is 0.221 e. The molecule has 2 unspecified atom stereocenters. The molecule has 0 aromatic heterocycles. The summed E-state index contributed by atoms with van der Waals surface area (Å²) in [5.41, 5.74) is 6.15. The zero-order valence-electron chi connectivity index (χ0n) is 13.3. The van der Waals surface area contributed by atoms with Crippen LogP contribution in [-0.2, 0) is 4.79 Å². The molecule has 0 aliphatic heterocycles. The number of hydrogen-bond acceptors (Lipinski definition) is 3. The van der Waals surface area contributed by atoms with E-state index in [0.717, 1.165) is 28.5 Å². The van der Waals surface area contributed by atoms with E-state index in [0.29, 0.717) is 30.3 Å². The lowest BCUT2D eigenvalue weighted by Gasteiger charge is -2.45. The number of benzene rings is 1. The largest absolute Gasteiger partial charge is 0.353 e. The van der Waals surface area contributed by atoms with Gasteiger partial charge in [0.2, 0.25) is 5.91 Å². The first-order chi connectivity index (χ1) is 11.1. The normalized spacial score (nSPS) is 30.0. The lowest BCUT2D eigenvalue weighted by molar-refractivity contribution is -0.123. The van der Waals surface area contributed by atoms with Gasteiger partial charge in [0.1, 0.15) is 0 Å². The van der Waals surface area contributed by atoms with Gasteiger partial charge in [-0.1, -0.05) is 18.0 Å². The highest BCUT2D eigenvalue weighted by Crippen LogP contribution is 2.39. The van der Waals surface area contributed by atoms with Gasteiger partial charge in [-0.3, -0.25) is 4.79 Å². The number of hydrogen-bond donors (Lipinski definition) is 2. The average Bonchev–Trinajstić information content (AvgIpc) is 2.50. The first-order valence-electron chi connectivity index (χ1n) is 8.55. The standard InChI is InChI=1S/C18H25ClN2OS/c19-14-4-6-16(7-5-14)23-9-8-17(22)21-18-12-2-1-3-13(18)11-15(20)10-12/h4-7,12-13,15,18H,1-3,8-11,20H2,(H,21,22). The fraction of sp³-hybridized carbons (Fsp3) is 0.611. The van der Waals surface area contributed by atoms with Crippen molar-refractivity contribution in [3.63, 3.8) is 0 Å². The summed E-state index contributed by atoms with van der Waals surface area (Å²) in [6.07, 6.45) is 6.43. The van der Waals surface area contributed by atoms with E-state index < -0.39 is 0 Å². The topological polar surface area (TPSA) is 55.1 Å². The van der Waals surface area contributed by atoms with Crippen LogP contribution in [0.1, 0.15) is 38.5 Å². The van der Waals surface area contributed by atoms with Crippen molar-refractivity contribution in [2.45, 2.75) is 55.5 Å². The molecule has 1 aromatic rings. The SMILES string of the molecule is NC1CC2CCCC(C1)C2NC(=O)CCSc1ccc(Cl)cc1. The molecule has 3 rings (SSSR count). The number of carbonyl (C=O) groups is 1. The molecule has 126 valence electrons.